The zero-order valence-corrected chi connectivity index (χ0v) is 14.5. The molecule has 1 heterocycles. The van der Waals surface area contributed by atoms with Gasteiger partial charge in [-0.3, -0.25) is 0 Å². The Kier molecular flexibility index (Phi) is 4.37. The molecule has 0 radical (unpaired) electrons. The summed E-state index contributed by atoms with van der Waals surface area (Å²) in [5, 5.41) is 3.47. The van der Waals surface area contributed by atoms with Crippen LogP contribution in [0.5, 0.6) is 0 Å². The van der Waals surface area contributed by atoms with E-state index in [1.165, 1.54) is 20.5 Å². The number of hydrogen-bond donors (Lipinski definition) is 1. The molecule has 0 spiro atoms. The molecular weight excluding hydrogens is 403 g/mol. The molecule has 2 nitrogen and oxygen atoms in total. The van der Waals surface area contributed by atoms with Crippen LogP contribution in [0.4, 0.5) is 5.69 Å². The number of benzene rings is 1. The van der Waals surface area contributed by atoms with E-state index in [-0.39, 0.29) is 0 Å². The molecule has 2 rings (SSSR count). The molecule has 0 aliphatic heterocycles. The summed E-state index contributed by atoms with van der Waals surface area (Å²) in [7, 11) is 2.11. The normalized spacial score (nSPS) is 10.7. The minimum atomic E-state index is 0.854. The van der Waals surface area contributed by atoms with Gasteiger partial charge in [-0.25, -0.2) is 0 Å². The minimum Gasteiger partial charge on any atom is -0.380 e. The van der Waals surface area contributed by atoms with E-state index in [0.717, 1.165) is 16.7 Å². The van der Waals surface area contributed by atoms with E-state index >= 15 is 0 Å². The van der Waals surface area contributed by atoms with Crippen molar-refractivity contribution in [3.8, 4) is 0 Å². The predicted octanol–water partition coefficient (Wildman–Crippen LogP) is 4.62. The SMILES string of the molecule is Cc1cc(CNc2ccc(I)cc2Br)c(C)n1C. The number of rotatable bonds is 3. The highest BCUT2D eigenvalue weighted by Crippen LogP contribution is 2.25. The average molecular weight is 419 g/mol. The van der Waals surface area contributed by atoms with Crippen molar-refractivity contribution < 1.29 is 0 Å². The molecule has 0 amide bonds. The summed E-state index contributed by atoms with van der Waals surface area (Å²) in [4.78, 5) is 0. The van der Waals surface area contributed by atoms with Crippen molar-refractivity contribution >= 4 is 44.2 Å². The third kappa shape index (κ3) is 2.91. The van der Waals surface area contributed by atoms with E-state index in [0.29, 0.717) is 0 Å². The molecule has 0 saturated heterocycles. The van der Waals surface area contributed by atoms with Crippen LogP contribution in [0.25, 0.3) is 0 Å². The van der Waals surface area contributed by atoms with Gasteiger partial charge in [0.15, 0.2) is 0 Å². The summed E-state index contributed by atoms with van der Waals surface area (Å²) in [5.41, 5.74) is 5.10. The Labute approximate surface area is 130 Å². The molecule has 1 N–H and O–H groups in total. The predicted molar refractivity (Wildman–Crippen MR) is 89.1 cm³/mol. The number of anilines is 1. The quantitative estimate of drug-likeness (QED) is 0.719. The Morgan fingerprint density at radius 1 is 1.28 bits per heavy atom. The van der Waals surface area contributed by atoms with E-state index in [1.807, 2.05) is 0 Å². The summed E-state index contributed by atoms with van der Waals surface area (Å²) in [6.07, 6.45) is 0. The largest absolute Gasteiger partial charge is 0.380 e. The van der Waals surface area contributed by atoms with E-state index in [9.17, 15) is 0 Å². The molecule has 1 aromatic heterocycles. The lowest BCUT2D eigenvalue weighted by atomic mass is 10.2. The molecule has 0 unspecified atom stereocenters. The van der Waals surface area contributed by atoms with Crippen LogP contribution in [0, 0.1) is 17.4 Å². The van der Waals surface area contributed by atoms with E-state index in [1.54, 1.807) is 0 Å². The Morgan fingerprint density at radius 3 is 2.56 bits per heavy atom. The number of hydrogen-bond acceptors (Lipinski definition) is 1. The van der Waals surface area contributed by atoms with Crippen molar-refractivity contribution in [1.82, 2.24) is 4.57 Å². The van der Waals surface area contributed by atoms with E-state index in [4.69, 9.17) is 0 Å². The highest BCUT2D eigenvalue weighted by Gasteiger charge is 2.06. The standard InChI is InChI=1S/C14H16BrIN2/c1-9-6-11(10(2)18(9)3)8-17-14-5-4-12(16)7-13(14)15/h4-7,17H,8H2,1-3H3. The first-order chi connectivity index (χ1) is 8.49. The Hall–Kier alpha value is -0.490. The molecular formula is C14H16BrIN2. The maximum atomic E-state index is 3.59. The second kappa shape index (κ2) is 5.65. The monoisotopic (exact) mass is 418 g/mol. The number of aromatic nitrogens is 1. The molecule has 96 valence electrons. The lowest BCUT2D eigenvalue weighted by molar-refractivity contribution is 0.837. The molecule has 0 fully saturated rings. The van der Waals surface area contributed by atoms with Crippen molar-refractivity contribution in [2.24, 2.45) is 7.05 Å². The van der Waals surface area contributed by atoms with Gasteiger partial charge in [-0.2, -0.15) is 0 Å². The molecule has 0 bridgehead atoms. The van der Waals surface area contributed by atoms with E-state index < -0.39 is 0 Å². The second-order valence-corrected chi connectivity index (χ2v) is 6.53. The lowest BCUT2D eigenvalue weighted by Crippen LogP contribution is -2.02. The Morgan fingerprint density at radius 2 is 2.00 bits per heavy atom. The molecule has 1 aromatic carbocycles. The smallest absolute Gasteiger partial charge is 0.0488 e. The van der Waals surface area contributed by atoms with Gasteiger partial charge < -0.3 is 9.88 Å². The zero-order valence-electron chi connectivity index (χ0n) is 10.7. The van der Waals surface area contributed by atoms with Gasteiger partial charge in [0.2, 0.25) is 0 Å². The molecule has 0 atom stereocenters. The van der Waals surface area contributed by atoms with Crippen molar-refractivity contribution in [3.63, 3.8) is 0 Å². The third-order valence-electron chi connectivity index (χ3n) is 3.28. The summed E-state index contributed by atoms with van der Waals surface area (Å²) in [6, 6.07) is 8.57. The van der Waals surface area contributed by atoms with Crippen molar-refractivity contribution in [2.45, 2.75) is 20.4 Å². The maximum absolute atomic E-state index is 3.59. The van der Waals surface area contributed by atoms with Crippen LogP contribution in [0.2, 0.25) is 0 Å². The first-order valence-corrected chi connectivity index (χ1v) is 7.67. The van der Waals surface area contributed by atoms with Gasteiger partial charge in [-0.1, -0.05) is 0 Å². The average Bonchev–Trinajstić information content (AvgIpc) is 2.56. The number of nitrogens with one attached hydrogen (secondary N) is 1. The first-order valence-electron chi connectivity index (χ1n) is 5.79. The third-order valence-corrected chi connectivity index (χ3v) is 4.61. The summed E-state index contributed by atoms with van der Waals surface area (Å²) < 4.78 is 4.57. The van der Waals surface area contributed by atoms with Gasteiger partial charge in [0.25, 0.3) is 0 Å². The fourth-order valence-corrected chi connectivity index (χ4v) is 3.37. The summed E-state index contributed by atoms with van der Waals surface area (Å²) >= 11 is 5.90. The highest BCUT2D eigenvalue weighted by atomic mass is 127. The number of halogens is 2. The van der Waals surface area contributed by atoms with Crippen LogP contribution in [0.15, 0.2) is 28.7 Å². The van der Waals surface area contributed by atoms with Crippen LogP contribution >= 0.6 is 38.5 Å². The minimum absolute atomic E-state index is 0.854. The molecule has 0 aliphatic carbocycles. The Bertz CT molecular complexity index is 575. The fraction of sp³-hybridized carbons (Fsp3) is 0.286. The summed E-state index contributed by atoms with van der Waals surface area (Å²) in [5.74, 6) is 0. The second-order valence-electron chi connectivity index (χ2n) is 4.43. The molecule has 0 saturated carbocycles. The number of aryl methyl sites for hydroxylation is 1. The zero-order chi connectivity index (χ0) is 13.3. The molecule has 4 heteroatoms. The lowest BCUT2D eigenvalue weighted by Gasteiger charge is -2.09. The topological polar surface area (TPSA) is 17.0 Å². The van der Waals surface area contributed by atoms with Gasteiger partial charge in [-0.05, 0) is 82.2 Å². The van der Waals surface area contributed by atoms with Crippen molar-refractivity contribution in [1.29, 1.82) is 0 Å². The fourth-order valence-electron chi connectivity index (χ4n) is 1.94. The van der Waals surface area contributed by atoms with Gasteiger partial charge in [0.05, 0.1) is 0 Å². The van der Waals surface area contributed by atoms with Crippen LogP contribution in [0.3, 0.4) is 0 Å². The van der Waals surface area contributed by atoms with Crippen LogP contribution in [-0.4, -0.2) is 4.57 Å². The van der Waals surface area contributed by atoms with Crippen LogP contribution in [0.1, 0.15) is 17.0 Å². The maximum Gasteiger partial charge on any atom is 0.0488 e. The van der Waals surface area contributed by atoms with Gasteiger partial charge in [0, 0.05) is 38.7 Å². The number of nitrogens with zero attached hydrogens (tertiary/aromatic N) is 1. The molecule has 18 heavy (non-hydrogen) atoms. The first kappa shape index (κ1) is 13.9. The van der Waals surface area contributed by atoms with Gasteiger partial charge >= 0.3 is 0 Å². The van der Waals surface area contributed by atoms with Gasteiger partial charge in [0.1, 0.15) is 0 Å². The van der Waals surface area contributed by atoms with Crippen molar-refractivity contribution in [3.05, 3.63) is 49.3 Å². The summed E-state index contributed by atoms with van der Waals surface area (Å²) in [6.45, 7) is 5.15. The highest BCUT2D eigenvalue weighted by molar-refractivity contribution is 14.1. The van der Waals surface area contributed by atoms with Gasteiger partial charge in [-0.15, -0.1) is 0 Å². The van der Waals surface area contributed by atoms with Crippen LogP contribution in [-0.2, 0) is 13.6 Å². The van der Waals surface area contributed by atoms with Crippen LogP contribution < -0.4 is 5.32 Å². The Balaban J connectivity index is 2.14. The van der Waals surface area contributed by atoms with E-state index in [2.05, 4.69) is 93.6 Å². The molecule has 0 aliphatic rings. The van der Waals surface area contributed by atoms with Crippen molar-refractivity contribution in [2.75, 3.05) is 5.32 Å². The molecule has 2 aromatic rings.